The van der Waals surface area contributed by atoms with Crippen molar-refractivity contribution in [1.82, 2.24) is 9.55 Å². The van der Waals surface area contributed by atoms with Crippen molar-refractivity contribution in [3.05, 3.63) is 31.5 Å². The van der Waals surface area contributed by atoms with Gasteiger partial charge in [0, 0.05) is 18.5 Å². The summed E-state index contributed by atoms with van der Waals surface area (Å²) in [6, 6.07) is 0. The van der Waals surface area contributed by atoms with E-state index in [1.165, 1.54) is 10.8 Å². The van der Waals surface area contributed by atoms with E-state index in [1.54, 1.807) is 11.8 Å². The third kappa shape index (κ3) is 2.75. The van der Waals surface area contributed by atoms with Gasteiger partial charge in [-0.15, -0.1) is 0 Å². The summed E-state index contributed by atoms with van der Waals surface area (Å²) in [5, 5.41) is 0. The molecule has 0 aliphatic rings. The largest absolute Gasteiger partial charge is 0.328 e. The Morgan fingerprint density at radius 3 is 2.93 bits per heavy atom. The zero-order valence-corrected chi connectivity index (χ0v) is 10.2. The van der Waals surface area contributed by atoms with Gasteiger partial charge in [0.2, 0.25) is 0 Å². The molecule has 0 aliphatic carbocycles. The molecule has 0 fully saturated rings. The lowest BCUT2D eigenvalue weighted by Gasteiger charge is -2.03. The van der Waals surface area contributed by atoms with Crippen LogP contribution in [0.25, 0.3) is 0 Å². The van der Waals surface area contributed by atoms with Crippen molar-refractivity contribution in [2.45, 2.75) is 13.5 Å². The second-order valence-corrected chi connectivity index (χ2v) is 4.84. The Balaban J connectivity index is 2.90. The quantitative estimate of drug-likeness (QED) is 0.838. The van der Waals surface area contributed by atoms with Gasteiger partial charge in [-0.05, 0) is 21.7 Å². The molecule has 0 radical (unpaired) electrons. The van der Waals surface area contributed by atoms with Crippen LogP contribution in [0.4, 0.5) is 0 Å². The van der Waals surface area contributed by atoms with E-state index in [9.17, 15) is 9.59 Å². The number of halogens is 1. The maximum atomic E-state index is 11.5. The summed E-state index contributed by atoms with van der Waals surface area (Å²) in [5.74, 6) is 1.76. The first-order valence-corrected chi connectivity index (χ1v) is 6.17. The van der Waals surface area contributed by atoms with Crippen LogP contribution in [-0.4, -0.2) is 21.1 Å². The maximum absolute atomic E-state index is 11.5. The summed E-state index contributed by atoms with van der Waals surface area (Å²) >= 11 is 4.78. The molecule has 4 nitrogen and oxygen atoms in total. The molecule has 14 heavy (non-hydrogen) atoms. The zero-order chi connectivity index (χ0) is 10.6. The van der Waals surface area contributed by atoms with Crippen molar-refractivity contribution in [3.8, 4) is 0 Å². The number of hydrogen-bond acceptors (Lipinski definition) is 3. The van der Waals surface area contributed by atoms with Gasteiger partial charge in [0.05, 0.1) is 4.47 Å². The van der Waals surface area contributed by atoms with E-state index in [1.807, 2.05) is 6.92 Å². The number of aromatic amines is 1. The molecule has 1 N–H and O–H groups in total. The second-order valence-electron chi connectivity index (χ2n) is 2.60. The lowest BCUT2D eigenvalue weighted by Crippen LogP contribution is -2.35. The monoisotopic (exact) mass is 278 g/mol. The Kier molecular flexibility index (Phi) is 4.47. The van der Waals surface area contributed by atoms with Crippen LogP contribution in [0, 0.1) is 0 Å². The first-order chi connectivity index (χ1) is 6.66. The smallest absolute Gasteiger partial charge is 0.313 e. The molecule has 0 aliphatic heterocycles. The van der Waals surface area contributed by atoms with Gasteiger partial charge in [-0.1, -0.05) is 6.92 Å². The minimum absolute atomic E-state index is 0.273. The standard InChI is InChI=1S/C8H11BrN2O2S/c1-2-14-4-3-11-7(12)6(9)5-10-8(11)13/h5H,2-4H2,1H3,(H,10,13). The molecule has 78 valence electrons. The van der Waals surface area contributed by atoms with Crippen LogP contribution in [0.2, 0.25) is 0 Å². The minimum Gasteiger partial charge on any atom is -0.313 e. The van der Waals surface area contributed by atoms with Crippen LogP contribution in [0.3, 0.4) is 0 Å². The van der Waals surface area contributed by atoms with Crippen molar-refractivity contribution in [1.29, 1.82) is 0 Å². The Bertz CT molecular complexity index is 413. The van der Waals surface area contributed by atoms with E-state index >= 15 is 0 Å². The molecule has 6 heteroatoms. The second kappa shape index (κ2) is 5.41. The molecule has 1 heterocycles. The summed E-state index contributed by atoms with van der Waals surface area (Å²) < 4.78 is 1.59. The van der Waals surface area contributed by atoms with Crippen LogP contribution >= 0.6 is 27.7 Å². The third-order valence-electron chi connectivity index (χ3n) is 1.68. The van der Waals surface area contributed by atoms with Crippen molar-refractivity contribution < 1.29 is 0 Å². The highest BCUT2D eigenvalue weighted by molar-refractivity contribution is 9.10. The molecule has 0 amide bonds. The molecule has 0 saturated carbocycles. The predicted molar refractivity (Wildman–Crippen MR) is 62.0 cm³/mol. The Hall–Kier alpha value is -0.490. The van der Waals surface area contributed by atoms with Crippen LogP contribution in [0.15, 0.2) is 20.3 Å². The van der Waals surface area contributed by atoms with Gasteiger partial charge in [-0.2, -0.15) is 11.8 Å². The van der Waals surface area contributed by atoms with Crippen LogP contribution < -0.4 is 11.2 Å². The Morgan fingerprint density at radius 2 is 2.29 bits per heavy atom. The van der Waals surface area contributed by atoms with E-state index in [0.29, 0.717) is 11.0 Å². The van der Waals surface area contributed by atoms with Crippen LogP contribution in [0.5, 0.6) is 0 Å². The lowest BCUT2D eigenvalue weighted by molar-refractivity contribution is 0.674. The summed E-state index contributed by atoms with van der Waals surface area (Å²) in [6.45, 7) is 2.49. The molecule has 0 spiro atoms. The van der Waals surface area contributed by atoms with Gasteiger partial charge in [0.1, 0.15) is 0 Å². The van der Waals surface area contributed by atoms with E-state index in [0.717, 1.165) is 11.5 Å². The SMILES string of the molecule is CCSCCn1c(=O)[nH]cc(Br)c1=O. The summed E-state index contributed by atoms with van der Waals surface area (Å²) in [7, 11) is 0. The number of rotatable bonds is 4. The highest BCUT2D eigenvalue weighted by atomic mass is 79.9. The zero-order valence-electron chi connectivity index (χ0n) is 7.75. The number of nitrogens with one attached hydrogen (secondary N) is 1. The van der Waals surface area contributed by atoms with Gasteiger partial charge in [-0.3, -0.25) is 9.36 Å². The lowest BCUT2D eigenvalue weighted by atomic mass is 10.6. The molecule has 1 rings (SSSR count). The average Bonchev–Trinajstić information content (AvgIpc) is 2.18. The predicted octanol–water partition coefficient (Wildman–Crippen LogP) is 1.05. The fourth-order valence-electron chi connectivity index (χ4n) is 0.989. The number of aromatic nitrogens is 2. The topological polar surface area (TPSA) is 54.9 Å². The fraction of sp³-hybridized carbons (Fsp3) is 0.500. The molecule has 0 aromatic carbocycles. The minimum atomic E-state index is -0.352. The van der Waals surface area contributed by atoms with Gasteiger partial charge < -0.3 is 4.98 Å². The van der Waals surface area contributed by atoms with Gasteiger partial charge in [0.25, 0.3) is 5.56 Å². The van der Waals surface area contributed by atoms with E-state index < -0.39 is 0 Å². The summed E-state index contributed by atoms with van der Waals surface area (Å²) in [5.41, 5.74) is -0.625. The first kappa shape index (κ1) is 11.6. The summed E-state index contributed by atoms with van der Waals surface area (Å²) in [4.78, 5) is 25.2. The summed E-state index contributed by atoms with van der Waals surface area (Å²) in [6.07, 6.45) is 1.37. The van der Waals surface area contributed by atoms with Crippen molar-refractivity contribution in [2.24, 2.45) is 0 Å². The van der Waals surface area contributed by atoms with Crippen molar-refractivity contribution in [3.63, 3.8) is 0 Å². The van der Waals surface area contributed by atoms with Crippen LogP contribution in [0.1, 0.15) is 6.92 Å². The molecule has 0 atom stereocenters. The highest BCUT2D eigenvalue weighted by Gasteiger charge is 2.03. The van der Waals surface area contributed by atoms with Gasteiger partial charge >= 0.3 is 5.69 Å². The number of thioether (sulfide) groups is 1. The van der Waals surface area contributed by atoms with Gasteiger partial charge in [0.15, 0.2) is 0 Å². The number of hydrogen-bond donors (Lipinski definition) is 1. The number of H-pyrrole nitrogens is 1. The molecule has 0 unspecified atom stereocenters. The van der Waals surface area contributed by atoms with E-state index in [4.69, 9.17) is 0 Å². The molecule has 0 bridgehead atoms. The molecular formula is C8H11BrN2O2S. The van der Waals surface area contributed by atoms with Crippen LogP contribution in [-0.2, 0) is 6.54 Å². The van der Waals surface area contributed by atoms with Crippen molar-refractivity contribution >= 4 is 27.7 Å². The van der Waals surface area contributed by atoms with Gasteiger partial charge in [-0.25, -0.2) is 4.79 Å². The Labute approximate surface area is 93.9 Å². The molecular weight excluding hydrogens is 268 g/mol. The highest BCUT2D eigenvalue weighted by Crippen LogP contribution is 1.99. The molecule has 1 aromatic rings. The van der Waals surface area contributed by atoms with E-state index in [-0.39, 0.29) is 11.2 Å². The normalized spacial score (nSPS) is 10.4. The average molecular weight is 279 g/mol. The molecule has 0 saturated heterocycles. The Morgan fingerprint density at radius 1 is 1.57 bits per heavy atom. The maximum Gasteiger partial charge on any atom is 0.328 e. The molecule has 1 aromatic heterocycles. The number of nitrogens with zero attached hydrogens (tertiary/aromatic N) is 1. The first-order valence-electron chi connectivity index (χ1n) is 4.22. The van der Waals surface area contributed by atoms with Crippen molar-refractivity contribution in [2.75, 3.05) is 11.5 Å². The fourth-order valence-corrected chi connectivity index (χ4v) is 1.92. The van der Waals surface area contributed by atoms with E-state index in [2.05, 4.69) is 20.9 Å². The third-order valence-corrected chi connectivity index (χ3v) is 3.13.